The molecular formula is C30H28BF6NO5. The normalized spacial score (nSPS) is 24.9. The molecule has 0 aromatic heterocycles. The van der Waals surface area contributed by atoms with Crippen LogP contribution in [0.2, 0.25) is 6.32 Å². The quantitative estimate of drug-likeness (QED) is 0.173. The van der Waals surface area contributed by atoms with E-state index < -0.39 is 72.0 Å². The Morgan fingerprint density at radius 2 is 1.67 bits per heavy atom. The van der Waals surface area contributed by atoms with Gasteiger partial charge in [-0.2, -0.15) is 26.3 Å². The number of benzene rings is 2. The van der Waals surface area contributed by atoms with E-state index in [0.717, 1.165) is 22.3 Å². The van der Waals surface area contributed by atoms with Gasteiger partial charge in [0, 0.05) is 0 Å². The summed E-state index contributed by atoms with van der Waals surface area (Å²) < 4.78 is 87.0. The minimum Gasteiger partial charge on any atom is -0.508 e. The summed E-state index contributed by atoms with van der Waals surface area (Å²) in [7, 11) is -1.29. The fourth-order valence-corrected chi connectivity index (χ4v) is 6.57. The Morgan fingerprint density at radius 3 is 2.28 bits per heavy atom. The molecule has 5 rings (SSSR count). The lowest BCUT2D eigenvalue weighted by atomic mass is 9.59. The standard InChI is InChI=1S/C30H28BF6NO5/c1-15(8-17-4-3-5-21(39)10-17)6-7-24-25-16(2)9-22-26(23(25)14-31(42)43-24)28(41)38(27(22)40)20-12-18(29(32,33)34)11-19(13-20)30(35,36)37/h3-5,8,10-13,22-24,26,39,42H,6-7,9,14H2,1-2H3/b15-8+/t22-,23+,24-,26-/m1/s1. The van der Waals surface area contributed by atoms with Crippen molar-refractivity contribution in [2.45, 2.75) is 57.9 Å². The molecule has 43 heavy (non-hydrogen) atoms. The molecule has 13 heteroatoms. The summed E-state index contributed by atoms with van der Waals surface area (Å²) in [6, 6.07) is 7.39. The highest BCUT2D eigenvalue weighted by Crippen LogP contribution is 2.52. The first kappa shape index (κ1) is 30.9. The van der Waals surface area contributed by atoms with Gasteiger partial charge < -0.3 is 14.8 Å². The number of carbonyl (C=O) groups is 2. The Morgan fingerprint density at radius 1 is 1.02 bits per heavy atom. The van der Waals surface area contributed by atoms with E-state index in [9.17, 15) is 46.1 Å². The van der Waals surface area contributed by atoms with Crippen molar-refractivity contribution in [3.8, 4) is 5.75 Å². The van der Waals surface area contributed by atoms with Crippen molar-refractivity contribution >= 4 is 30.7 Å². The molecule has 4 atom stereocenters. The van der Waals surface area contributed by atoms with Gasteiger partial charge in [-0.05, 0) is 86.8 Å². The highest BCUT2D eigenvalue weighted by Gasteiger charge is 2.57. The number of nitrogens with zero attached hydrogens (tertiary/aromatic N) is 1. The Hall–Kier alpha value is -3.58. The second kappa shape index (κ2) is 11.2. The van der Waals surface area contributed by atoms with Crippen molar-refractivity contribution in [2.24, 2.45) is 17.8 Å². The van der Waals surface area contributed by atoms with Crippen LogP contribution in [0, 0.1) is 17.8 Å². The van der Waals surface area contributed by atoms with Gasteiger partial charge in [-0.15, -0.1) is 0 Å². The maximum Gasteiger partial charge on any atom is 0.455 e. The van der Waals surface area contributed by atoms with E-state index >= 15 is 0 Å². The van der Waals surface area contributed by atoms with E-state index in [-0.39, 0.29) is 24.6 Å². The number of amides is 2. The summed E-state index contributed by atoms with van der Waals surface area (Å²) in [5.74, 6) is -4.40. The van der Waals surface area contributed by atoms with E-state index in [1.54, 1.807) is 25.1 Å². The smallest absolute Gasteiger partial charge is 0.455 e. The Kier molecular flexibility index (Phi) is 8.02. The van der Waals surface area contributed by atoms with Crippen molar-refractivity contribution < 1.29 is 50.7 Å². The Balaban J connectivity index is 1.44. The Labute approximate surface area is 243 Å². The molecule has 6 nitrogen and oxygen atoms in total. The zero-order valence-corrected chi connectivity index (χ0v) is 23.2. The number of anilines is 1. The number of aromatic hydroxyl groups is 1. The number of rotatable bonds is 5. The third-order valence-electron chi connectivity index (χ3n) is 8.37. The van der Waals surface area contributed by atoms with Gasteiger partial charge in [-0.3, -0.25) is 9.59 Å². The molecule has 2 fully saturated rings. The summed E-state index contributed by atoms with van der Waals surface area (Å²) >= 11 is 0. The van der Waals surface area contributed by atoms with Crippen LogP contribution in [-0.4, -0.2) is 35.2 Å². The van der Waals surface area contributed by atoms with E-state index in [4.69, 9.17) is 4.65 Å². The highest BCUT2D eigenvalue weighted by molar-refractivity contribution is 6.43. The number of halogens is 6. The number of phenols is 1. The molecule has 1 aliphatic carbocycles. The van der Waals surface area contributed by atoms with Crippen molar-refractivity contribution in [1.29, 1.82) is 0 Å². The van der Waals surface area contributed by atoms with Crippen LogP contribution in [0.3, 0.4) is 0 Å². The number of imide groups is 1. The summed E-state index contributed by atoms with van der Waals surface area (Å²) in [6.07, 6.45) is -8.07. The molecule has 2 aliphatic heterocycles. The van der Waals surface area contributed by atoms with Gasteiger partial charge in [0.05, 0.1) is 34.8 Å². The third-order valence-corrected chi connectivity index (χ3v) is 8.37. The molecule has 2 saturated heterocycles. The fourth-order valence-electron chi connectivity index (χ4n) is 6.57. The number of allylic oxidation sites excluding steroid dienone is 2. The van der Waals surface area contributed by atoms with E-state index in [2.05, 4.69) is 0 Å². The molecule has 228 valence electrons. The first-order valence-electron chi connectivity index (χ1n) is 13.7. The van der Waals surface area contributed by atoms with Gasteiger partial charge in [0.2, 0.25) is 11.8 Å². The number of alkyl halides is 6. The summed E-state index contributed by atoms with van der Waals surface area (Å²) in [5, 5.41) is 20.3. The second-order valence-corrected chi connectivity index (χ2v) is 11.4. The minimum absolute atomic E-state index is 0.0499. The summed E-state index contributed by atoms with van der Waals surface area (Å²) in [5.41, 5.74) is -0.851. The second-order valence-electron chi connectivity index (χ2n) is 11.4. The van der Waals surface area contributed by atoms with Gasteiger partial charge in [-0.1, -0.05) is 29.4 Å². The van der Waals surface area contributed by atoms with Crippen molar-refractivity contribution in [1.82, 2.24) is 0 Å². The van der Waals surface area contributed by atoms with Gasteiger partial charge >= 0.3 is 19.5 Å². The molecule has 0 spiro atoms. The molecule has 2 N–H and O–H groups in total. The van der Waals surface area contributed by atoms with Crippen LogP contribution >= 0.6 is 0 Å². The van der Waals surface area contributed by atoms with Crippen LogP contribution in [0.15, 0.2) is 59.2 Å². The van der Waals surface area contributed by atoms with E-state index in [1.165, 1.54) is 0 Å². The first-order valence-corrected chi connectivity index (χ1v) is 13.7. The molecule has 0 saturated carbocycles. The van der Waals surface area contributed by atoms with Crippen LogP contribution in [0.4, 0.5) is 32.0 Å². The molecule has 0 radical (unpaired) electrons. The minimum atomic E-state index is -5.15. The van der Waals surface area contributed by atoms with Crippen molar-refractivity contribution in [3.05, 3.63) is 75.9 Å². The van der Waals surface area contributed by atoms with Crippen LogP contribution in [0.25, 0.3) is 6.08 Å². The average molecular weight is 607 g/mol. The van der Waals surface area contributed by atoms with Gasteiger partial charge in [0.15, 0.2) is 0 Å². The number of hydrogen-bond acceptors (Lipinski definition) is 5. The molecule has 2 heterocycles. The predicted octanol–water partition coefficient (Wildman–Crippen LogP) is 6.63. The number of phenolic OH excluding ortho intramolecular Hbond substituents is 1. The topological polar surface area (TPSA) is 87.1 Å². The number of fused-ring (bicyclic) bond motifs is 3. The lowest BCUT2D eigenvalue weighted by molar-refractivity contribution is -0.143. The molecule has 2 aromatic rings. The molecule has 0 unspecified atom stereocenters. The molecule has 2 amide bonds. The lowest BCUT2D eigenvalue weighted by Gasteiger charge is -2.42. The third kappa shape index (κ3) is 6.10. The van der Waals surface area contributed by atoms with Crippen molar-refractivity contribution in [2.75, 3.05) is 4.90 Å². The first-order chi connectivity index (χ1) is 20.0. The molecule has 2 aromatic carbocycles. The Bertz CT molecular complexity index is 1480. The molecular weight excluding hydrogens is 579 g/mol. The predicted molar refractivity (Wildman–Crippen MR) is 145 cm³/mol. The van der Waals surface area contributed by atoms with Gasteiger partial charge in [0.25, 0.3) is 0 Å². The van der Waals surface area contributed by atoms with E-state index in [1.807, 2.05) is 19.1 Å². The fraction of sp³-hybridized carbons (Fsp3) is 0.400. The maximum atomic E-state index is 13.7. The van der Waals surface area contributed by atoms with Crippen LogP contribution in [-0.2, 0) is 26.6 Å². The lowest BCUT2D eigenvalue weighted by Crippen LogP contribution is -2.46. The van der Waals surface area contributed by atoms with Crippen molar-refractivity contribution in [3.63, 3.8) is 0 Å². The van der Waals surface area contributed by atoms with Crippen LogP contribution in [0.1, 0.15) is 49.8 Å². The zero-order valence-electron chi connectivity index (χ0n) is 23.2. The SMILES string of the molecule is CC1=C2[C@@H](CC/C(C)=C/c3cccc(O)c3)OB(O)C[C@@H]2[C@@H]2C(=O)N(c3cc(C(F)(F)F)cc(C(F)(F)F)c3)C(=O)[C@@H]2C1. The summed E-state index contributed by atoms with van der Waals surface area (Å²) in [4.78, 5) is 27.6. The highest BCUT2D eigenvalue weighted by atomic mass is 19.4. The maximum absolute atomic E-state index is 13.7. The van der Waals surface area contributed by atoms with E-state index in [0.29, 0.717) is 29.9 Å². The van der Waals surface area contributed by atoms with Crippen LogP contribution in [0.5, 0.6) is 5.75 Å². The average Bonchev–Trinajstić information content (AvgIpc) is 3.15. The van der Waals surface area contributed by atoms with Gasteiger partial charge in [-0.25, -0.2) is 4.90 Å². The monoisotopic (exact) mass is 607 g/mol. The molecule has 0 bridgehead atoms. The largest absolute Gasteiger partial charge is 0.508 e. The van der Waals surface area contributed by atoms with Crippen LogP contribution < -0.4 is 4.90 Å². The van der Waals surface area contributed by atoms with Gasteiger partial charge in [0.1, 0.15) is 5.75 Å². The summed E-state index contributed by atoms with van der Waals surface area (Å²) in [6.45, 7) is 3.65. The zero-order chi connectivity index (χ0) is 31.4. The number of hydrogen-bond donors (Lipinski definition) is 2. The number of carbonyl (C=O) groups excluding carboxylic acids is 2. The molecule has 3 aliphatic rings.